The van der Waals surface area contributed by atoms with Crippen LogP contribution in [0.3, 0.4) is 0 Å². The number of aromatic nitrogens is 3. The van der Waals surface area contributed by atoms with Gasteiger partial charge in [-0.05, 0) is 24.3 Å². The number of carbonyl (C=O) groups excluding carboxylic acids is 1. The quantitative estimate of drug-likeness (QED) is 0.522. The van der Waals surface area contributed by atoms with E-state index >= 15 is 0 Å². The normalized spacial score (nSPS) is 11.2. The zero-order valence-corrected chi connectivity index (χ0v) is 14.2. The summed E-state index contributed by atoms with van der Waals surface area (Å²) in [6.07, 6.45) is -3.48. The molecule has 146 valence electrons. The summed E-state index contributed by atoms with van der Waals surface area (Å²) in [6.45, 7) is 0. The Kier molecular flexibility index (Phi) is 5.16. The van der Waals surface area contributed by atoms with Crippen LogP contribution in [0.1, 0.15) is 0 Å². The second kappa shape index (κ2) is 7.55. The van der Waals surface area contributed by atoms with E-state index in [0.717, 1.165) is 17.7 Å². The van der Waals surface area contributed by atoms with Gasteiger partial charge in [0.2, 0.25) is 0 Å². The molecule has 0 unspecified atom stereocenters. The first-order valence-corrected chi connectivity index (χ1v) is 7.70. The Morgan fingerprint density at radius 3 is 2.54 bits per heavy atom. The molecule has 0 amide bonds. The van der Waals surface area contributed by atoms with E-state index in [1.165, 1.54) is 10.7 Å². The van der Waals surface area contributed by atoms with Crippen LogP contribution in [0.25, 0.3) is 11.3 Å². The van der Waals surface area contributed by atoms with Crippen LogP contribution in [-0.4, -0.2) is 27.1 Å². The molecule has 0 spiro atoms. The summed E-state index contributed by atoms with van der Waals surface area (Å²) in [7, 11) is 1.72. The summed E-state index contributed by atoms with van der Waals surface area (Å²) in [5.41, 5.74) is 2.51. The lowest BCUT2D eigenvalue weighted by Gasteiger charge is -2.11. The van der Waals surface area contributed by atoms with Crippen LogP contribution in [0.5, 0.6) is 11.5 Å². The molecule has 2 aromatic carbocycles. The highest BCUT2D eigenvalue weighted by Crippen LogP contribution is 2.28. The van der Waals surface area contributed by atoms with Crippen molar-refractivity contribution in [3.8, 4) is 22.8 Å². The average molecular weight is 396 g/mol. The molecule has 0 aliphatic heterocycles. The van der Waals surface area contributed by atoms with Gasteiger partial charge >= 0.3 is 12.1 Å². The second-order valence-electron chi connectivity index (χ2n) is 5.54. The first-order chi connectivity index (χ1) is 13.2. The van der Waals surface area contributed by atoms with Crippen LogP contribution in [0.4, 0.5) is 23.2 Å². The zero-order chi connectivity index (χ0) is 20.3. The lowest BCUT2D eigenvalue weighted by molar-refractivity contribution is -0.196. The topological polar surface area (TPSA) is 78.3 Å². The number of hydrogen-bond acceptors (Lipinski definition) is 6. The number of nitrogens with zero attached hydrogens (tertiary/aromatic N) is 3. The van der Waals surface area contributed by atoms with Crippen molar-refractivity contribution in [1.82, 2.24) is 15.0 Å². The molecule has 0 radical (unpaired) electrons. The summed E-state index contributed by atoms with van der Waals surface area (Å²) < 4.78 is 57.3. The third-order valence-electron chi connectivity index (χ3n) is 3.39. The standard InChI is InChI=1S/C17H12F4N4O3/c1-25-9-15(22-24-25)10-3-2-4-11(7-10)27-12-5-6-14(13(18)8-12)23-28-16(26)17(19,20)21/h2-9,23H,1H3. The molecule has 1 aromatic heterocycles. The lowest BCUT2D eigenvalue weighted by atomic mass is 10.1. The van der Waals surface area contributed by atoms with E-state index in [-0.39, 0.29) is 5.75 Å². The number of ether oxygens (including phenoxy) is 1. The van der Waals surface area contributed by atoms with Crippen LogP contribution in [0, 0.1) is 5.82 Å². The molecule has 3 aromatic rings. The van der Waals surface area contributed by atoms with Gasteiger partial charge in [0, 0.05) is 18.7 Å². The molecule has 0 atom stereocenters. The predicted molar refractivity (Wildman–Crippen MR) is 88.7 cm³/mol. The van der Waals surface area contributed by atoms with Gasteiger partial charge in [-0.1, -0.05) is 17.3 Å². The van der Waals surface area contributed by atoms with Crippen LogP contribution in [-0.2, 0) is 16.7 Å². The van der Waals surface area contributed by atoms with E-state index < -0.39 is 23.7 Å². The van der Waals surface area contributed by atoms with Crippen LogP contribution in [0.2, 0.25) is 0 Å². The highest BCUT2D eigenvalue weighted by Gasteiger charge is 2.41. The molecule has 1 heterocycles. The monoisotopic (exact) mass is 396 g/mol. The summed E-state index contributed by atoms with van der Waals surface area (Å²) in [4.78, 5) is 14.4. The predicted octanol–water partition coefficient (Wildman–Crippen LogP) is 3.85. The number of hydrogen-bond donors (Lipinski definition) is 1. The first kappa shape index (κ1) is 19.1. The minimum atomic E-state index is -5.19. The fraction of sp³-hybridized carbons (Fsp3) is 0.118. The van der Waals surface area contributed by atoms with Crippen molar-refractivity contribution < 1.29 is 31.9 Å². The summed E-state index contributed by atoms with van der Waals surface area (Å²) in [5.74, 6) is -3.00. The molecular formula is C17H12F4N4O3. The number of benzene rings is 2. The van der Waals surface area contributed by atoms with Crippen molar-refractivity contribution in [3.63, 3.8) is 0 Å². The SMILES string of the molecule is Cn1cc(-c2cccc(Oc3ccc(NOC(=O)C(F)(F)F)c(F)c3)c2)nn1. The van der Waals surface area contributed by atoms with Crippen molar-refractivity contribution in [1.29, 1.82) is 0 Å². The molecule has 0 aliphatic rings. The molecule has 1 N–H and O–H groups in total. The van der Waals surface area contributed by atoms with Gasteiger partial charge in [0.05, 0.1) is 6.20 Å². The van der Waals surface area contributed by atoms with Crippen molar-refractivity contribution in [2.24, 2.45) is 7.05 Å². The fourth-order valence-corrected chi connectivity index (χ4v) is 2.14. The Bertz CT molecular complexity index is 1000. The number of carbonyl (C=O) groups is 1. The van der Waals surface area contributed by atoms with Gasteiger partial charge in [-0.2, -0.15) is 13.2 Å². The van der Waals surface area contributed by atoms with Gasteiger partial charge in [0.1, 0.15) is 22.9 Å². The van der Waals surface area contributed by atoms with E-state index in [1.54, 1.807) is 43.0 Å². The van der Waals surface area contributed by atoms with Crippen molar-refractivity contribution in [2.75, 3.05) is 5.48 Å². The second-order valence-corrected chi connectivity index (χ2v) is 5.54. The minimum absolute atomic E-state index is 0.0847. The van der Waals surface area contributed by atoms with Crippen LogP contribution < -0.4 is 10.2 Å². The lowest BCUT2D eigenvalue weighted by Crippen LogP contribution is -2.27. The molecule has 0 aliphatic carbocycles. The highest BCUT2D eigenvalue weighted by molar-refractivity contribution is 5.76. The van der Waals surface area contributed by atoms with Gasteiger partial charge in [-0.25, -0.2) is 14.7 Å². The maximum absolute atomic E-state index is 14.0. The minimum Gasteiger partial charge on any atom is -0.457 e. The third-order valence-corrected chi connectivity index (χ3v) is 3.39. The summed E-state index contributed by atoms with van der Waals surface area (Å²) in [5, 5.41) is 7.82. The van der Waals surface area contributed by atoms with Crippen LogP contribution >= 0.6 is 0 Å². The summed E-state index contributed by atoms with van der Waals surface area (Å²) in [6, 6.07) is 10.1. The largest absolute Gasteiger partial charge is 0.493 e. The van der Waals surface area contributed by atoms with Crippen molar-refractivity contribution in [2.45, 2.75) is 6.18 Å². The van der Waals surface area contributed by atoms with Gasteiger partial charge in [0.15, 0.2) is 5.82 Å². The van der Waals surface area contributed by atoms with E-state index in [0.29, 0.717) is 11.4 Å². The Hall–Kier alpha value is -3.63. The zero-order valence-electron chi connectivity index (χ0n) is 14.2. The van der Waals surface area contributed by atoms with Gasteiger partial charge < -0.3 is 9.57 Å². The molecule has 11 heteroatoms. The van der Waals surface area contributed by atoms with E-state index in [4.69, 9.17) is 4.74 Å². The van der Waals surface area contributed by atoms with Gasteiger partial charge in [0.25, 0.3) is 0 Å². The number of anilines is 1. The smallest absolute Gasteiger partial charge is 0.457 e. The van der Waals surface area contributed by atoms with Crippen molar-refractivity contribution >= 4 is 11.7 Å². The number of aryl methyl sites for hydroxylation is 1. The molecular weight excluding hydrogens is 384 g/mol. The Labute approximate surface area is 155 Å². The van der Waals surface area contributed by atoms with Gasteiger partial charge in [-0.3, -0.25) is 4.68 Å². The Morgan fingerprint density at radius 2 is 1.89 bits per heavy atom. The molecule has 0 bridgehead atoms. The molecule has 0 saturated heterocycles. The Morgan fingerprint density at radius 1 is 1.14 bits per heavy atom. The van der Waals surface area contributed by atoms with E-state index in [9.17, 15) is 22.4 Å². The average Bonchev–Trinajstić information content (AvgIpc) is 3.07. The van der Waals surface area contributed by atoms with E-state index in [2.05, 4.69) is 15.1 Å². The summed E-state index contributed by atoms with van der Waals surface area (Å²) >= 11 is 0. The van der Waals surface area contributed by atoms with Crippen molar-refractivity contribution in [3.05, 3.63) is 54.5 Å². The fourth-order valence-electron chi connectivity index (χ4n) is 2.14. The maximum atomic E-state index is 14.0. The first-order valence-electron chi connectivity index (χ1n) is 7.70. The maximum Gasteiger partial charge on any atom is 0.493 e. The highest BCUT2D eigenvalue weighted by atomic mass is 19.4. The molecule has 0 fully saturated rings. The van der Waals surface area contributed by atoms with E-state index in [1.807, 2.05) is 0 Å². The van der Waals surface area contributed by atoms with Gasteiger partial charge in [-0.15, -0.1) is 5.10 Å². The molecule has 28 heavy (non-hydrogen) atoms. The molecule has 7 nitrogen and oxygen atoms in total. The Balaban J connectivity index is 1.70. The molecule has 3 rings (SSSR count). The molecule has 0 saturated carbocycles. The number of halogens is 4. The third kappa shape index (κ3) is 4.55. The number of nitrogens with one attached hydrogen (secondary N) is 1. The number of alkyl halides is 3. The number of rotatable bonds is 5. The van der Waals surface area contributed by atoms with Crippen LogP contribution in [0.15, 0.2) is 48.7 Å².